The van der Waals surface area contributed by atoms with Crippen molar-refractivity contribution in [2.24, 2.45) is 0 Å². The van der Waals surface area contributed by atoms with Gasteiger partial charge in [0.05, 0.1) is 4.90 Å². The summed E-state index contributed by atoms with van der Waals surface area (Å²) in [5.41, 5.74) is 2.25. The smallest absolute Gasteiger partial charge is 0.255 e. The van der Waals surface area contributed by atoms with E-state index >= 15 is 0 Å². The molecular formula is C22H30N4O3S. The molecule has 0 radical (unpaired) electrons. The van der Waals surface area contributed by atoms with Gasteiger partial charge in [0.25, 0.3) is 5.91 Å². The predicted octanol–water partition coefficient (Wildman–Crippen LogP) is 2.77. The van der Waals surface area contributed by atoms with Crippen LogP contribution in [0.15, 0.2) is 53.4 Å². The van der Waals surface area contributed by atoms with E-state index in [1.54, 1.807) is 0 Å². The molecular weight excluding hydrogens is 400 g/mol. The van der Waals surface area contributed by atoms with Gasteiger partial charge in [-0.25, -0.2) is 13.1 Å². The first-order chi connectivity index (χ1) is 14.3. The molecule has 2 aromatic carbocycles. The minimum absolute atomic E-state index is 0.146. The number of piperazine rings is 1. The maximum absolute atomic E-state index is 12.5. The van der Waals surface area contributed by atoms with Gasteiger partial charge in [-0.1, -0.05) is 6.92 Å². The van der Waals surface area contributed by atoms with Crippen molar-refractivity contribution in [1.29, 1.82) is 0 Å². The number of rotatable bonds is 7. The van der Waals surface area contributed by atoms with Gasteiger partial charge in [-0.3, -0.25) is 4.79 Å². The molecule has 3 rings (SSSR count). The van der Waals surface area contributed by atoms with E-state index in [4.69, 9.17) is 0 Å². The highest BCUT2D eigenvalue weighted by atomic mass is 32.2. The van der Waals surface area contributed by atoms with Crippen LogP contribution in [0.4, 0.5) is 11.4 Å². The number of anilines is 2. The lowest BCUT2D eigenvalue weighted by atomic mass is 10.2. The van der Waals surface area contributed by atoms with E-state index in [1.165, 1.54) is 24.3 Å². The zero-order chi connectivity index (χ0) is 21.7. The fraction of sp³-hybridized carbons (Fsp3) is 0.409. The fourth-order valence-electron chi connectivity index (χ4n) is 3.23. The van der Waals surface area contributed by atoms with Gasteiger partial charge in [0.1, 0.15) is 0 Å². The van der Waals surface area contributed by atoms with Crippen molar-refractivity contribution in [3.63, 3.8) is 0 Å². The molecule has 2 aromatic rings. The molecule has 1 aliphatic heterocycles. The molecule has 0 spiro atoms. The average molecular weight is 431 g/mol. The maximum Gasteiger partial charge on any atom is 0.255 e. The van der Waals surface area contributed by atoms with Gasteiger partial charge >= 0.3 is 0 Å². The number of carbonyl (C=O) groups excluding carboxylic acids is 1. The second kappa shape index (κ2) is 9.59. The van der Waals surface area contributed by atoms with Crippen molar-refractivity contribution in [1.82, 2.24) is 9.62 Å². The molecule has 0 aromatic heterocycles. The highest BCUT2D eigenvalue weighted by Gasteiger charge is 2.17. The van der Waals surface area contributed by atoms with Crippen molar-refractivity contribution in [2.45, 2.75) is 31.2 Å². The van der Waals surface area contributed by atoms with Crippen molar-refractivity contribution in [2.75, 3.05) is 43.4 Å². The summed E-state index contributed by atoms with van der Waals surface area (Å²) in [4.78, 5) is 17.3. The fourth-order valence-corrected chi connectivity index (χ4v) is 4.55. The normalized spacial score (nSPS) is 16.3. The number of hydrogen-bond acceptors (Lipinski definition) is 5. The first-order valence-electron chi connectivity index (χ1n) is 10.3. The number of nitrogens with zero attached hydrogens (tertiary/aromatic N) is 2. The van der Waals surface area contributed by atoms with Crippen LogP contribution in [-0.4, -0.2) is 58.5 Å². The molecule has 1 aliphatic rings. The van der Waals surface area contributed by atoms with E-state index in [0.717, 1.165) is 31.9 Å². The molecule has 0 aliphatic carbocycles. The van der Waals surface area contributed by atoms with Crippen molar-refractivity contribution in [3.8, 4) is 0 Å². The van der Waals surface area contributed by atoms with Crippen LogP contribution in [0.5, 0.6) is 0 Å². The van der Waals surface area contributed by atoms with E-state index in [2.05, 4.69) is 26.9 Å². The Hall–Kier alpha value is -2.42. The van der Waals surface area contributed by atoms with E-state index in [-0.39, 0.29) is 16.8 Å². The van der Waals surface area contributed by atoms with Gasteiger partial charge in [-0.2, -0.15) is 0 Å². The Morgan fingerprint density at radius 3 is 2.17 bits per heavy atom. The van der Waals surface area contributed by atoms with Crippen molar-refractivity contribution in [3.05, 3.63) is 54.1 Å². The lowest BCUT2D eigenvalue weighted by Crippen LogP contribution is -2.44. The summed E-state index contributed by atoms with van der Waals surface area (Å²) in [5.74, 6) is -0.277. The number of hydrogen-bond donors (Lipinski definition) is 2. The van der Waals surface area contributed by atoms with Crippen LogP contribution in [0, 0.1) is 0 Å². The van der Waals surface area contributed by atoms with Gasteiger partial charge in [0.15, 0.2) is 0 Å². The number of likely N-dealkylation sites (N-methyl/N-ethyl adjacent to an activating group) is 1. The summed E-state index contributed by atoms with van der Waals surface area (Å²) in [6.07, 6.45) is 0.702. The minimum atomic E-state index is -3.58. The zero-order valence-corrected chi connectivity index (χ0v) is 18.6. The molecule has 2 N–H and O–H groups in total. The van der Waals surface area contributed by atoms with Crippen LogP contribution < -0.4 is 14.9 Å². The average Bonchev–Trinajstić information content (AvgIpc) is 2.74. The standard InChI is InChI=1S/C22H30N4O3S/c1-4-17(2)24-30(28,29)21-11-5-18(6-12-21)22(27)23-19-7-9-20(10-8-19)26-15-13-25(3)14-16-26/h5-12,17,24H,4,13-16H2,1-3H3,(H,23,27). The lowest BCUT2D eigenvalue weighted by molar-refractivity contribution is 0.102. The third kappa shape index (κ3) is 5.59. The third-order valence-electron chi connectivity index (χ3n) is 5.39. The van der Waals surface area contributed by atoms with Crippen LogP contribution in [0.3, 0.4) is 0 Å². The van der Waals surface area contributed by atoms with Gasteiger partial charge in [0.2, 0.25) is 10.0 Å². The largest absolute Gasteiger partial charge is 0.369 e. The summed E-state index contributed by atoms with van der Waals surface area (Å²) in [7, 11) is -1.46. The molecule has 1 unspecified atom stereocenters. The zero-order valence-electron chi connectivity index (χ0n) is 17.8. The quantitative estimate of drug-likeness (QED) is 0.706. The Labute approximate surface area is 179 Å². The number of sulfonamides is 1. The molecule has 1 amide bonds. The predicted molar refractivity (Wildman–Crippen MR) is 121 cm³/mol. The topological polar surface area (TPSA) is 81.7 Å². The van der Waals surface area contributed by atoms with Gasteiger partial charge in [0, 0.05) is 49.2 Å². The van der Waals surface area contributed by atoms with Crippen LogP contribution in [0.25, 0.3) is 0 Å². The molecule has 162 valence electrons. The summed E-state index contributed by atoms with van der Waals surface area (Å²) in [5, 5.41) is 2.86. The molecule has 1 fully saturated rings. The number of amides is 1. The van der Waals surface area contributed by atoms with Crippen LogP contribution in [-0.2, 0) is 10.0 Å². The van der Waals surface area contributed by atoms with Crippen molar-refractivity contribution >= 4 is 27.3 Å². The SMILES string of the molecule is CCC(C)NS(=O)(=O)c1ccc(C(=O)Nc2ccc(N3CCN(C)CC3)cc2)cc1. The van der Waals surface area contributed by atoms with E-state index in [0.29, 0.717) is 17.7 Å². The Morgan fingerprint density at radius 1 is 1.00 bits per heavy atom. The van der Waals surface area contributed by atoms with Crippen LogP contribution in [0.1, 0.15) is 30.6 Å². The Bertz CT molecular complexity index is 951. The Balaban J connectivity index is 1.62. The van der Waals surface area contributed by atoms with E-state index in [1.807, 2.05) is 38.1 Å². The molecule has 0 saturated carbocycles. The number of carbonyl (C=O) groups is 1. The van der Waals surface area contributed by atoms with Gasteiger partial charge in [-0.05, 0) is 68.9 Å². The molecule has 1 heterocycles. The maximum atomic E-state index is 12.5. The molecule has 30 heavy (non-hydrogen) atoms. The lowest BCUT2D eigenvalue weighted by Gasteiger charge is -2.34. The van der Waals surface area contributed by atoms with E-state index < -0.39 is 10.0 Å². The number of benzene rings is 2. The summed E-state index contributed by atoms with van der Waals surface area (Å²) in [6, 6.07) is 13.6. The van der Waals surface area contributed by atoms with Crippen molar-refractivity contribution < 1.29 is 13.2 Å². The molecule has 7 nitrogen and oxygen atoms in total. The minimum Gasteiger partial charge on any atom is -0.369 e. The summed E-state index contributed by atoms with van der Waals surface area (Å²) in [6.45, 7) is 7.79. The molecule has 0 bridgehead atoms. The second-order valence-electron chi connectivity index (χ2n) is 7.75. The molecule has 8 heteroatoms. The van der Waals surface area contributed by atoms with Gasteiger partial charge in [-0.15, -0.1) is 0 Å². The third-order valence-corrected chi connectivity index (χ3v) is 6.99. The highest BCUT2D eigenvalue weighted by molar-refractivity contribution is 7.89. The highest BCUT2D eigenvalue weighted by Crippen LogP contribution is 2.20. The Kier molecular flexibility index (Phi) is 7.12. The first-order valence-corrected chi connectivity index (χ1v) is 11.7. The Morgan fingerprint density at radius 2 is 1.60 bits per heavy atom. The second-order valence-corrected chi connectivity index (χ2v) is 9.46. The van der Waals surface area contributed by atoms with E-state index in [9.17, 15) is 13.2 Å². The first kappa shape index (κ1) is 22.3. The molecule has 1 atom stereocenters. The monoisotopic (exact) mass is 430 g/mol. The van der Waals surface area contributed by atoms with Crippen LogP contribution >= 0.6 is 0 Å². The molecule has 1 saturated heterocycles. The summed E-state index contributed by atoms with van der Waals surface area (Å²) < 4.78 is 27.3. The van der Waals surface area contributed by atoms with Gasteiger partial charge < -0.3 is 15.1 Å². The van der Waals surface area contributed by atoms with Crippen LogP contribution in [0.2, 0.25) is 0 Å². The number of nitrogens with one attached hydrogen (secondary N) is 2. The summed E-state index contributed by atoms with van der Waals surface area (Å²) >= 11 is 0.